The Morgan fingerprint density at radius 1 is 0.976 bits per heavy atom. The van der Waals surface area contributed by atoms with Gasteiger partial charge in [-0.05, 0) is 61.4 Å². The minimum atomic E-state index is -0.988. The highest BCUT2D eigenvalue weighted by molar-refractivity contribution is 8.00. The number of aliphatic hydroxyl groups excluding tert-OH is 1. The maximum absolute atomic E-state index is 13.7. The molecule has 0 bridgehead atoms. The van der Waals surface area contributed by atoms with Crippen molar-refractivity contribution in [2.45, 2.75) is 30.0 Å². The minimum absolute atomic E-state index is 0.0250. The van der Waals surface area contributed by atoms with Crippen LogP contribution < -0.4 is 9.64 Å². The zero-order valence-corrected chi connectivity index (χ0v) is 24.3. The summed E-state index contributed by atoms with van der Waals surface area (Å²) in [4.78, 5) is 28.6. The van der Waals surface area contributed by atoms with Gasteiger partial charge in [0.2, 0.25) is 10.9 Å². The summed E-state index contributed by atoms with van der Waals surface area (Å²) in [5.74, 6) is 0.389. The Balaban J connectivity index is 1.35. The van der Waals surface area contributed by atoms with Crippen LogP contribution in [0.3, 0.4) is 0 Å². The van der Waals surface area contributed by atoms with Crippen molar-refractivity contribution in [3.05, 3.63) is 131 Å². The van der Waals surface area contributed by atoms with Gasteiger partial charge in [0.1, 0.15) is 17.3 Å². The molecule has 0 aliphatic carbocycles. The molecule has 210 valence electrons. The van der Waals surface area contributed by atoms with Gasteiger partial charge in [-0.15, -0.1) is 10.2 Å². The van der Waals surface area contributed by atoms with Gasteiger partial charge in [0.25, 0.3) is 5.91 Å². The largest absolute Gasteiger partial charge is 0.503 e. The SMILES string of the molecule is Cc1ccc(CSc2nnc(N3C(=O)C(O)=C(C(=O)c4ccc(C)o4)C3c3cccc(Oc4ccccc4)c3)s2)cc1. The van der Waals surface area contributed by atoms with Gasteiger partial charge in [0.15, 0.2) is 15.9 Å². The first kappa shape index (κ1) is 27.5. The molecule has 1 N–H and O–H groups in total. The van der Waals surface area contributed by atoms with E-state index in [9.17, 15) is 14.7 Å². The molecular weight excluding hydrogens is 571 g/mol. The van der Waals surface area contributed by atoms with E-state index in [2.05, 4.69) is 34.5 Å². The molecule has 0 fully saturated rings. The topological polar surface area (TPSA) is 106 Å². The van der Waals surface area contributed by atoms with Crippen LogP contribution in [-0.2, 0) is 10.5 Å². The van der Waals surface area contributed by atoms with Crippen LogP contribution >= 0.6 is 23.1 Å². The number of aliphatic hydroxyl groups is 1. The first-order valence-corrected chi connectivity index (χ1v) is 14.9. The lowest BCUT2D eigenvalue weighted by Gasteiger charge is -2.24. The quantitative estimate of drug-likeness (QED) is 0.105. The number of benzene rings is 3. The van der Waals surface area contributed by atoms with Gasteiger partial charge in [0.05, 0.1) is 11.6 Å². The molecule has 6 rings (SSSR count). The summed E-state index contributed by atoms with van der Waals surface area (Å²) in [5.41, 5.74) is 2.77. The summed E-state index contributed by atoms with van der Waals surface area (Å²) in [6, 6.07) is 26.8. The van der Waals surface area contributed by atoms with Crippen LogP contribution in [0.2, 0.25) is 0 Å². The fourth-order valence-corrected chi connectivity index (χ4v) is 6.42. The predicted octanol–water partition coefficient (Wildman–Crippen LogP) is 7.62. The molecule has 3 aromatic carbocycles. The number of hydrogen-bond acceptors (Lipinski definition) is 9. The van der Waals surface area contributed by atoms with Gasteiger partial charge in [-0.3, -0.25) is 14.5 Å². The summed E-state index contributed by atoms with van der Waals surface area (Å²) in [7, 11) is 0. The van der Waals surface area contributed by atoms with Gasteiger partial charge in [-0.25, -0.2) is 0 Å². The zero-order valence-electron chi connectivity index (χ0n) is 22.7. The molecule has 8 nitrogen and oxygen atoms in total. The first-order valence-electron chi connectivity index (χ1n) is 13.1. The van der Waals surface area contributed by atoms with Crippen LogP contribution in [-0.4, -0.2) is 27.0 Å². The highest BCUT2D eigenvalue weighted by atomic mass is 32.2. The molecule has 1 unspecified atom stereocenters. The van der Waals surface area contributed by atoms with Crippen LogP contribution in [0.1, 0.15) is 39.0 Å². The maximum Gasteiger partial charge on any atom is 0.296 e. The molecule has 0 radical (unpaired) electrons. The average Bonchev–Trinajstić information content (AvgIpc) is 3.71. The van der Waals surface area contributed by atoms with Crippen LogP contribution in [0.4, 0.5) is 5.13 Å². The number of hydrogen-bond donors (Lipinski definition) is 1. The number of ketones is 1. The molecule has 5 aromatic rings. The smallest absolute Gasteiger partial charge is 0.296 e. The second-order valence-corrected chi connectivity index (χ2v) is 11.9. The molecule has 42 heavy (non-hydrogen) atoms. The fraction of sp³-hybridized carbons (Fsp3) is 0.125. The van der Waals surface area contributed by atoms with E-state index in [1.807, 2.05) is 37.3 Å². The molecule has 1 atom stereocenters. The molecule has 1 aliphatic heterocycles. The Hall–Kier alpha value is -4.67. The average molecular weight is 596 g/mol. The van der Waals surface area contributed by atoms with Crippen molar-refractivity contribution in [2.75, 3.05) is 4.90 Å². The summed E-state index contributed by atoms with van der Waals surface area (Å²) >= 11 is 2.72. The molecule has 2 aromatic heterocycles. The van der Waals surface area contributed by atoms with E-state index in [1.54, 1.807) is 37.3 Å². The normalized spacial score (nSPS) is 15.0. The number of thioether (sulfide) groups is 1. The number of aromatic nitrogens is 2. The molecular formula is C32H25N3O5S2. The Kier molecular flexibility index (Phi) is 7.64. The van der Waals surface area contributed by atoms with Crippen molar-refractivity contribution in [1.29, 1.82) is 0 Å². The van der Waals surface area contributed by atoms with Crippen LogP contribution in [0.15, 0.2) is 111 Å². The number of Topliss-reactive ketones (excluding diaryl/α,β-unsaturated/α-hetero) is 1. The Labute approximate surface area is 250 Å². The summed E-state index contributed by atoms with van der Waals surface area (Å²) < 4.78 is 12.3. The van der Waals surface area contributed by atoms with Gasteiger partial charge < -0.3 is 14.3 Å². The van der Waals surface area contributed by atoms with E-state index in [-0.39, 0.29) is 16.5 Å². The van der Waals surface area contributed by atoms with Crippen molar-refractivity contribution in [3.63, 3.8) is 0 Å². The lowest BCUT2D eigenvalue weighted by Crippen LogP contribution is -2.31. The molecule has 1 aliphatic rings. The molecule has 3 heterocycles. The number of nitrogens with zero attached hydrogens (tertiary/aromatic N) is 3. The number of amides is 1. The highest BCUT2D eigenvalue weighted by Gasteiger charge is 2.46. The van der Waals surface area contributed by atoms with Crippen LogP contribution in [0.25, 0.3) is 0 Å². The van der Waals surface area contributed by atoms with Crippen molar-refractivity contribution in [1.82, 2.24) is 10.2 Å². The summed E-state index contributed by atoms with van der Waals surface area (Å²) in [5, 5.41) is 19.9. The highest BCUT2D eigenvalue weighted by Crippen LogP contribution is 2.44. The number of aryl methyl sites for hydroxylation is 2. The van der Waals surface area contributed by atoms with Gasteiger partial charge in [-0.2, -0.15) is 0 Å². The van der Waals surface area contributed by atoms with Gasteiger partial charge >= 0.3 is 0 Å². The Bertz CT molecular complexity index is 1790. The van der Waals surface area contributed by atoms with Crippen LogP contribution in [0.5, 0.6) is 11.5 Å². The van der Waals surface area contributed by atoms with Crippen molar-refractivity contribution >= 4 is 39.9 Å². The van der Waals surface area contributed by atoms with E-state index >= 15 is 0 Å². The van der Waals surface area contributed by atoms with Gasteiger partial charge in [-0.1, -0.05) is 83.3 Å². The zero-order chi connectivity index (χ0) is 29.2. The van der Waals surface area contributed by atoms with Crippen LogP contribution in [0, 0.1) is 13.8 Å². The number of carbonyl (C=O) groups is 2. The second kappa shape index (κ2) is 11.7. The number of para-hydroxylation sites is 1. The summed E-state index contributed by atoms with van der Waals surface area (Å²) in [6.07, 6.45) is 0. The fourth-order valence-electron chi connectivity index (χ4n) is 4.60. The molecule has 1 amide bonds. The monoisotopic (exact) mass is 595 g/mol. The molecule has 0 saturated carbocycles. The third kappa shape index (κ3) is 5.59. The van der Waals surface area contributed by atoms with E-state index in [4.69, 9.17) is 9.15 Å². The van der Waals surface area contributed by atoms with Gasteiger partial charge in [0, 0.05) is 5.75 Å². The van der Waals surface area contributed by atoms with E-state index in [0.717, 1.165) is 5.56 Å². The number of furan rings is 1. The number of ether oxygens (including phenoxy) is 1. The first-order chi connectivity index (χ1) is 20.4. The number of carbonyl (C=O) groups excluding carboxylic acids is 2. The lowest BCUT2D eigenvalue weighted by atomic mass is 9.95. The third-order valence-electron chi connectivity index (χ3n) is 6.65. The van der Waals surface area contributed by atoms with E-state index in [1.165, 1.54) is 39.6 Å². The third-order valence-corrected chi connectivity index (χ3v) is 8.78. The predicted molar refractivity (Wildman–Crippen MR) is 161 cm³/mol. The van der Waals surface area contributed by atoms with E-state index < -0.39 is 23.5 Å². The molecule has 0 spiro atoms. The van der Waals surface area contributed by atoms with Crippen molar-refractivity contribution in [3.8, 4) is 11.5 Å². The second-order valence-electron chi connectivity index (χ2n) is 9.69. The Morgan fingerprint density at radius 3 is 2.48 bits per heavy atom. The number of rotatable bonds is 9. The van der Waals surface area contributed by atoms with Crippen molar-refractivity contribution < 1.29 is 23.8 Å². The molecule has 10 heteroatoms. The Morgan fingerprint density at radius 2 is 1.74 bits per heavy atom. The van der Waals surface area contributed by atoms with E-state index in [0.29, 0.717) is 32.9 Å². The molecule has 0 saturated heterocycles. The van der Waals surface area contributed by atoms with Crippen molar-refractivity contribution in [2.24, 2.45) is 0 Å². The maximum atomic E-state index is 13.7. The standard InChI is InChI=1S/C32H25N3O5S2/c1-19-11-14-21(15-12-19)18-41-32-34-33-31(42-32)35-27(22-7-6-10-24(17-22)40-23-8-4-3-5-9-23)26(29(37)30(35)38)28(36)25-16-13-20(2)39-25/h3-17,27,37H,18H2,1-2H3. The number of anilines is 1. The lowest BCUT2D eigenvalue weighted by molar-refractivity contribution is -0.117. The minimum Gasteiger partial charge on any atom is -0.503 e. The summed E-state index contributed by atoms with van der Waals surface area (Å²) in [6.45, 7) is 3.76.